The minimum absolute atomic E-state index is 0.158. The van der Waals surface area contributed by atoms with Crippen molar-refractivity contribution in [2.75, 3.05) is 4.72 Å². The fourth-order valence-corrected chi connectivity index (χ4v) is 3.13. The quantitative estimate of drug-likeness (QED) is 0.782. The number of benzene rings is 2. The summed E-state index contributed by atoms with van der Waals surface area (Å²) in [6, 6.07) is 8.97. The summed E-state index contributed by atoms with van der Waals surface area (Å²) in [5, 5.41) is -0.158. The number of anilines is 1. The van der Waals surface area contributed by atoms with Crippen molar-refractivity contribution in [1.29, 1.82) is 0 Å². The van der Waals surface area contributed by atoms with Crippen LogP contribution in [-0.2, 0) is 10.0 Å². The summed E-state index contributed by atoms with van der Waals surface area (Å²) in [4.78, 5) is 7.64. The number of nitrogens with zero attached hydrogens (tertiary/aromatic N) is 2. The average Bonchev–Trinajstić information content (AvgIpc) is 2.50. The maximum Gasteiger partial charge on any atom is 0.263 e. The summed E-state index contributed by atoms with van der Waals surface area (Å²) >= 11 is 5.92. The van der Waals surface area contributed by atoms with Crippen LogP contribution in [0.2, 0.25) is 5.15 Å². The molecule has 0 aliphatic carbocycles. The molecule has 3 rings (SSSR count). The first-order chi connectivity index (χ1) is 10.9. The average molecular weight is 356 g/mol. The molecule has 0 amide bonds. The van der Waals surface area contributed by atoms with E-state index in [0.29, 0.717) is 17.1 Å². The van der Waals surface area contributed by atoms with Gasteiger partial charge in [0.05, 0.1) is 15.9 Å². The Balaban J connectivity index is 2.03. The van der Waals surface area contributed by atoms with Crippen LogP contribution >= 0.6 is 11.6 Å². The molecule has 5 nitrogen and oxygen atoms in total. The first-order valence-electron chi connectivity index (χ1n) is 6.27. The molecule has 0 saturated carbocycles. The van der Waals surface area contributed by atoms with Gasteiger partial charge in [-0.2, -0.15) is 0 Å². The summed E-state index contributed by atoms with van der Waals surface area (Å²) in [5.74, 6) is -2.62. The molecule has 23 heavy (non-hydrogen) atoms. The molecule has 1 aromatic heterocycles. The van der Waals surface area contributed by atoms with Gasteiger partial charge in [0, 0.05) is 0 Å². The predicted octanol–water partition coefficient (Wildman–Crippen LogP) is 3.36. The largest absolute Gasteiger partial charge is 0.263 e. The Morgan fingerprint density at radius 2 is 1.61 bits per heavy atom. The van der Waals surface area contributed by atoms with Crippen LogP contribution in [-0.4, -0.2) is 18.4 Å². The van der Waals surface area contributed by atoms with Gasteiger partial charge in [-0.1, -0.05) is 23.7 Å². The molecule has 0 aliphatic heterocycles. The summed E-state index contributed by atoms with van der Waals surface area (Å²) in [6.07, 6.45) is 0. The lowest BCUT2D eigenvalue weighted by Crippen LogP contribution is -2.15. The second kappa shape index (κ2) is 5.71. The van der Waals surface area contributed by atoms with E-state index in [9.17, 15) is 17.2 Å². The van der Waals surface area contributed by atoms with Gasteiger partial charge in [-0.05, 0) is 30.3 Å². The van der Waals surface area contributed by atoms with Crippen LogP contribution < -0.4 is 4.72 Å². The van der Waals surface area contributed by atoms with Crippen molar-refractivity contribution in [3.05, 3.63) is 59.3 Å². The van der Waals surface area contributed by atoms with Crippen molar-refractivity contribution in [3.8, 4) is 0 Å². The van der Waals surface area contributed by atoms with Crippen molar-refractivity contribution in [1.82, 2.24) is 9.97 Å². The molecule has 3 aromatic rings. The fraction of sp³-hybridized carbons (Fsp3) is 0. The molecule has 1 N–H and O–H groups in total. The fourth-order valence-electron chi connectivity index (χ4n) is 1.87. The van der Waals surface area contributed by atoms with Crippen LogP contribution in [0, 0.1) is 11.6 Å². The summed E-state index contributed by atoms with van der Waals surface area (Å²) in [7, 11) is -4.19. The van der Waals surface area contributed by atoms with Gasteiger partial charge in [0.15, 0.2) is 22.6 Å². The van der Waals surface area contributed by atoms with Crippen LogP contribution in [0.3, 0.4) is 0 Å². The van der Waals surface area contributed by atoms with E-state index in [0.717, 1.165) is 12.1 Å². The molecular weight excluding hydrogens is 348 g/mol. The normalized spacial score (nSPS) is 11.6. The highest BCUT2D eigenvalue weighted by molar-refractivity contribution is 7.92. The summed E-state index contributed by atoms with van der Waals surface area (Å²) < 4.78 is 52.7. The van der Waals surface area contributed by atoms with Gasteiger partial charge in [-0.25, -0.2) is 27.2 Å². The molecule has 0 saturated heterocycles. The van der Waals surface area contributed by atoms with E-state index in [4.69, 9.17) is 11.6 Å². The second-order valence-electron chi connectivity index (χ2n) is 4.53. The highest BCUT2D eigenvalue weighted by atomic mass is 35.5. The van der Waals surface area contributed by atoms with Crippen molar-refractivity contribution in [2.24, 2.45) is 0 Å². The first kappa shape index (κ1) is 15.6. The number of para-hydroxylation sites is 2. The number of hydrogen-bond donors (Lipinski definition) is 1. The van der Waals surface area contributed by atoms with Crippen LogP contribution in [0.15, 0.2) is 47.4 Å². The smallest absolute Gasteiger partial charge is 0.261 e. The Bertz CT molecular complexity index is 1010. The number of aromatic nitrogens is 2. The van der Waals surface area contributed by atoms with Gasteiger partial charge in [-0.15, -0.1) is 0 Å². The molecule has 0 bridgehead atoms. The van der Waals surface area contributed by atoms with E-state index in [1.54, 1.807) is 24.3 Å². The van der Waals surface area contributed by atoms with Crippen molar-refractivity contribution in [3.63, 3.8) is 0 Å². The molecule has 1 heterocycles. The third-order valence-corrected chi connectivity index (χ3v) is 4.56. The standard InChI is InChI=1S/C14H8ClF2N3O2S/c15-13-14(19-12-4-2-1-3-11(12)18-13)20-23(21,22)8-5-6-9(16)10(17)7-8/h1-7H,(H,19,20). The molecule has 0 radical (unpaired) electrons. The molecule has 0 unspecified atom stereocenters. The molecular formula is C14H8ClF2N3O2S. The van der Waals surface area contributed by atoms with Crippen LogP contribution in [0.1, 0.15) is 0 Å². The van der Waals surface area contributed by atoms with E-state index in [1.807, 2.05) is 0 Å². The Labute approximate surface area is 135 Å². The van der Waals surface area contributed by atoms with Crippen molar-refractivity contribution < 1.29 is 17.2 Å². The maximum absolute atomic E-state index is 13.2. The second-order valence-corrected chi connectivity index (χ2v) is 6.57. The summed E-state index contributed by atoms with van der Waals surface area (Å²) in [6.45, 7) is 0. The minimum Gasteiger partial charge on any atom is -0.261 e. The molecule has 0 fully saturated rings. The van der Waals surface area contributed by atoms with Gasteiger partial charge in [0.25, 0.3) is 10.0 Å². The molecule has 9 heteroatoms. The Kier molecular flexibility index (Phi) is 3.87. The minimum atomic E-state index is -4.19. The SMILES string of the molecule is O=S(=O)(Nc1nc2ccccc2nc1Cl)c1ccc(F)c(F)c1. The van der Waals surface area contributed by atoms with E-state index in [1.165, 1.54) is 0 Å². The lowest BCUT2D eigenvalue weighted by atomic mass is 10.3. The molecule has 0 spiro atoms. The summed E-state index contributed by atoms with van der Waals surface area (Å²) in [5.41, 5.74) is 0.924. The van der Waals surface area contributed by atoms with Crippen LogP contribution in [0.5, 0.6) is 0 Å². The van der Waals surface area contributed by atoms with Gasteiger partial charge in [0.1, 0.15) is 0 Å². The van der Waals surface area contributed by atoms with E-state index >= 15 is 0 Å². The third kappa shape index (κ3) is 3.08. The number of nitrogens with one attached hydrogen (secondary N) is 1. The molecule has 0 aliphatic rings. The Hall–Kier alpha value is -2.32. The van der Waals surface area contributed by atoms with Gasteiger partial charge in [0.2, 0.25) is 0 Å². The van der Waals surface area contributed by atoms with Crippen LogP contribution in [0.25, 0.3) is 11.0 Å². The molecule has 118 valence electrons. The zero-order valence-electron chi connectivity index (χ0n) is 11.3. The Morgan fingerprint density at radius 3 is 2.26 bits per heavy atom. The zero-order chi connectivity index (χ0) is 16.6. The highest BCUT2D eigenvalue weighted by Gasteiger charge is 2.19. The van der Waals surface area contributed by atoms with Gasteiger partial charge in [-0.3, -0.25) is 4.72 Å². The number of sulfonamides is 1. The predicted molar refractivity (Wildman–Crippen MR) is 81.7 cm³/mol. The molecule has 0 atom stereocenters. The van der Waals surface area contributed by atoms with E-state index < -0.39 is 26.6 Å². The number of fused-ring (bicyclic) bond motifs is 1. The van der Waals surface area contributed by atoms with Crippen molar-refractivity contribution >= 4 is 38.5 Å². The lowest BCUT2D eigenvalue weighted by Gasteiger charge is -2.09. The van der Waals surface area contributed by atoms with E-state index in [2.05, 4.69) is 14.7 Å². The van der Waals surface area contributed by atoms with Crippen LogP contribution in [0.4, 0.5) is 14.6 Å². The number of hydrogen-bond acceptors (Lipinski definition) is 4. The van der Waals surface area contributed by atoms with E-state index in [-0.39, 0.29) is 11.0 Å². The number of halogens is 3. The monoisotopic (exact) mass is 355 g/mol. The lowest BCUT2D eigenvalue weighted by molar-refractivity contribution is 0.504. The Morgan fingerprint density at radius 1 is 0.957 bits per heavy atom. The molecule has 2 aromatic carbocycles. The highest BCUT2D eigenvalue weighted by Crippen LogP contribution is 2.24. The van der Waals surface area contributed by atoms with Crippen molar-refractivity contribution in [2.45, 2.75) is 4.90 Å². The first-order valence-corrected chi connectivity index (χ1v) is 8.13. The van der Waals surface area contributed by atoms with Gasteiger partial charge >= 0.3 is 0 Å². The third-order valence-electron chi connectivity index (χ3n) is 2.96. The zero-order valence-corrected chi connectivity index (χ0v) is 12.9. The number of rotatable bonds is 3. The maximum atomic E-state index is 13.2. The topological polar surface area (TPSA) is 72.0 Å². The van der Waals surface area contributed by atoms with Gasteiger partial charge < -0.3 is 0 Å².